The number of nitrogens with one attached hydrogen (secondary N) is 2. The maximum Gasteiger partial charge on any atom is 0.211 e. The topological polar surface area (TPSA) is 32.2 Å². The van der Waals surface area contributed by atoms with Gasteiger partial charge in [-0.05, 0) is 49.9 Å². The minimum atomic E-state index is 0.644. The molecule has 1 aromatic carbocycles. The largest absolute Gasteiger partial charge is 0.372 e. The zero-order valence-electron chi connectivity index (χ0n) is 11.2. The van der Waals surface area contributed by atoms with E-state index in [1.165, 1.54) is 24.8 Å². The number of hydrogen-bond acceptors (Lipinski definition) is 1. The molecule has 19 heavy (non-hydrogen) atoms. The van der Waals surface area contributed by atoms with Gasteiger partial charge in [0.25, 0.3) is 0 Å². The van der Waals surface area contributed by atoms with Crippen LogP contribution in [0.2, 0.25) is 0 Å². The van der Waals surface area contributed by atoms with E-state index in [0.29, 0.717) is 5.92 Å². The molecule has 1 aromatic heterocycles. The summed E-state index contributed by atoms with van der Waals surface area (Å²) in [6, 6.07) is 6.57. The second kappa shape index (κ2) is 5.07. The Morgan fingerprint density at radius 1 is 1.42 bits per heavy atom. The molecule has 0 amide bonds. The zero-order valence-corrected chi connectivity index (χ0v) is 11.2. The van der Waals surface area contributed by atoms with Crippen LogP contribution in [0.15, 0.2) is 24.4 Å². The van der Waals surface area contributed by atoms with Crippen molar-refractivity contribution < 1.29 is 0 Å². The average molecular weight is 253 g/mol. The molecule has 3 rings (SSSR count). The van der Waals surface area contributed by atoms with E-state index in [2.05, 4.69) is 33.3 Å². The lowest BCUT2D eigenvalue weighted by molar-refractivity contribution is 0.463. The lowest BCUT2D eigenvalue weighted by Gasteiger charge is -2.20. The lowest BCUT2D eigenvalue weighted by atomic mass is 9.88. The molecule has 1 aliphatic carbocycles. The first-order chi connectivity index (χ1) is 9.33. The number of benzene rings is 1. The Kier molecular flexibility index (Phi) is 3.27. The number of rotatable bonds is 3. The summed E-state index contributed by atoms with van der Waals surface area (Å²) >= 11 is 0. The van der Waals surface area contributed by atoms with E-state index in [0.717, 1.165) is 29.1 Å². The van der Waals surface area contributed by atoms with E-state index < -0.39 is 0 Å². The van der Waals surface area contributed by atoms with E-state index in [4.69, 9.17) is 6.57 Å². The van der Waals surface area contributed by atoms with Crippen LogP contribution < -0.4 is 5.32 Å². The van der Waals surface area contributed by atoms with E-state index in [9.17, 15) is 0 Å². The Morgan fingerprint density at radius 2 is 2.32 bits per heavy atom. The third-order valence-corrected chi connectivity index (χ3v) is 4.36. The molecular formula is C16H19N3. The van der Waals surface area contributed by atoms with Crippen LogP contribution in [0, 0.1) is 12.5 Å². The van der Waals surface area contributed by atoms with Crippen molar-refractivity contribution in [1.82, 2.24) is 10.3 Å². The highest BCUT2D eigenvalue weighted by molar-refractivity contribution is 5.93. The average Bonchev–Trinajstić information content (AvgIpc) is 3.04. The Balaban J connectivity index is 1.98. The fraction of sp³-hybridized carbons (Fsp3) is 0.438. The highest BCUT2D eigenvalue weighted by Gasteiger charge is 2.28. The molecule has 0 unspecified atom stereocenters. The first kappa shape index (κ1) is 12.3. The number of aromatic amines is 1. The van der Waals surface area contributed by atoms with Crippen molar-refractivity contribution in [3.8, 4) is 0 Å². The molecule has 2 atom stereocenters. The van der Waals surface area contributed by atoms with E-state index in [1.807, 2.05) is 7.05 Å². The molecule has 3 nitrogen and oxygen atoms in total. The Morgan fingerprint density at radius 3 is 3.11 bits per heavy atom. The van der Waals surface area contributed by atoms with Gasteiger partial charge in [-0.3, -0.25) is 0 Å². The summed E-state index contributed by atoms with van der Waals surface area (Å²) in [5.74, 6) is 1.38. The van der Waals surface area contributed by atoms with Crippen molar-refractivity contribution in [3.63, 3.8) is 0 Å². The maximum absolute atomic E-state index is 7.22. The van der Waals surface area contributed by atoms with Crippen molar-refractivity contribution >= 4 is 16.6 Å². The van der Waals surface area contributed by atoms with Gasteiger partial charge in [0.1, 0.15) is 0 Å². The highest BCUT2D eigenvalue weighted by atomic mass is 14.8. The van der Waals surface area contributed by atoms with Gasteiger partial charge < -0.3 is 10.3 Å². The fourth-order valence-corrected chi connectivity index (χ4v) is 3.43. The standard InChI is InChI=1S/C16H19N3/c1-17-9-12-4-3-5-13(12)11-6-7-15-14(8-11)16(18-2)10-19-15/h6-8,10,12-13,17,19H,3-5,9H2,1H3/t12-,13-/m1/s1. The number of nitrogens with zero attached hydrogens (tertiary/aromatic N) is 1. The molecule has 0 spiro atoms. The summed E-state index contributed by atoms with van der Waals surface area (Å²) < 4.78 is 0. The van der Waals surface area contributed by atoms with Gasteiger partial charge in [-0.15, -0.1) is 0 Å². The van der Waals surface area contributed by atoms with Crippen LogP contribution in [0.3, 0.4) is 0 Å². The van der Waals surface area contributed by atoms with Gasteiger partial charge in [-0.2, -0.15) is 0 Å². The van der Waals surface area contributed by atoms with Crippen LogP contribution in [-0.2, 0) is 0 Å². The third kappa shape index (κ3) is 2.13. The van der Waals surface area contributed by atoms with Crippen LogP contribution in [-0.4, -0.2) is 18.6 Å². The molecular weight excluding hydrogens is 234 g/mol. The van der Waals surface area contributed by atoms with Gasteiger partial charge in [-0.1, -0.05) is 18.6 Å². The van der Waals surface area contributed by atoms with Crippen molar-refractivity contribution in [2.45, 2.75) is 25.2 Å². The summed E-state index contributed by atoms with van der Waals surface area (Å²) in [4.78, 5) is 6.76. The molecule has 1 aliphatic rings. The summed E-state index contributed by atoms with van der Waals surface area (Å²) in [6.07, 6.45) is 5.71. The van der Waals surface area contributed by atoms with Gasteiger partial charge in [0, 0.05) is 17.1 Å². The van der Waals surface area contributed by atoms with Crippen LogP contribution >= 0.6 is 0 Å². The highest BCUT2D eigenvalue weighted by Crippen LogP contribution is 2.40. The molecule has 2 N–H and O–H groups in total. The van der Waals surface area contributed by atoms with Crippen LogP contribution in [0.4, 0.5) is 5.69 Å². The summed E-state index contributed by atoms with van der Waals surface area (Å²) in [5.41, 5.74) is 3.20. The third-order valence-electron chi connectivity index (χ3n) is 4.36. The lowest BCUT2D eigenvalue weighted by Crippen LogP contribution is -2.20. The second-order valence-corrected chi connectivity index (χ2v) is 5.45. The van der Waals surface area contributed by atoms with Crippen LogP contribution in [0.1, 0.15) is 30.7 Å². The number of aromatic nitrogens is 1. The Hall–Kier alpha value is -1.79. The fourth-order valence-electron chi connectivity index (χ4n) is 3.43. The van der Waals surface area contributed by atoms with Gasteiger partial charge >= 0.3 is 0 Å². The molecule has 0 aliphatic heterocycles. The van der Waals surface area contributed by atoms with Crippen molar-refractivity contribution in [2.75, 3.05) is 13.6 Å². The van der Waals surface area contributed by atoms with Gasteiger partial charge in [0.2, 0.25) is 5.69 Å². The monoisotopic (exact) mass is 253 g/mol. The number of H-pyrrole nitrogens is 1. The minimum absolute atomic E-state index is 0.644. The Bertz CT molecular complexity index is 620. The normalized spacial score (nSPS) is 22.7. The zero-order chi connectivity index (χ0) is 13.2. The quantitative estimate of drug-likeness (QED) is 0.801. The predicted octanol–water partition coefficient (Wildman–Crippen LogP) is 3.82. The molecule has 1 heterocycles. The number of hydrogen-bond donors (Lipinski definition) is 2. The maximum atomic E-state index is 7.22. The van der Waals surface area contributed by atoms with Gasteiger partial charge in [-0.25, -0.2) is 4.85 Å². The van der Waals surface area contributed by atoms with E-state index in [1.54, 1.807) is 6.20 Å². The minimum Gasteiger partial charge on any atom is -0.372 e. The Labute approximate surface area is 113 Å². The van der Waals surface area contributed by atoms with E-state index >= 15 is 0 Å². The summed E-state index contributed by atoms with van der Waals surface area (Å²) in [7, 11) is 2.03. The molecule has 1 fully saturated rings. The van der Waals surface area contributed by atoms with Crippen molar-refractivity contribution in [1.29, 1.82) is 0 Å². The molecule has 0 radical (unpaired) electrons. The molecule has 0 saturated heterocycles. The van der Waals surface area contributed by atoms with Crippen molar-refractivity contribution in [2.24, 2.45) is 5.92 Å². The van der Waals surface area contributed by atoms with Gasteiger partial charge in [0.05, 0.1) is 6.57 Å². The molecule has 2 aromatic rings. The van der Waals surface area contributed by atoms with Crippen molar-refractivity contribution in [3.05, 3.63) is 41.4 Å². The predicted molar refractivity (Wildman–Crippen MR) is 78.6 cm³/mol. The molecule has 3 heteroatoms. The van der Waals surface area contributed by atoms with E-state index in [-0.39, 0.29) is 0 Å². The van der Waals surface area contributed by atoms with Gasteiger partial charge in [0.15, 0.2) is 0 Å². The number of fused-ring (bicyclic) bond motifs is 1. The SMILES string of the molecule is [C-]#[N+]c1c[nH]c2ccc([C@H]3CCC[C@@H]3CNC)cc12. The second-order valence-electron chi connectivity index (χ2n) is 5.45. The first-order valence-electron chi connectivity index (χ1n) is 6.96. The molecule has 98 valence electrons. The first-order valence-corrected chi connectivity index (χ1v) is 6.96. The smallest absolute Gasteiger partial charge is 0.211 e. The summed E-state index contributed by atoms with van der Waals surface area (Å²) in [5, 5.41) is 4.38. The van der Waals surface area contributed by atoms with Crippen LogP contribution in [0.5, 0.6) is 0 Å². The van der Waals surface area contributed by atoms with Crippen LogP contribution in [0.25, 0.3) is 15.7 Å². The molecule has 1 saturated carbocycles. The summed E-state index contributed by atoms with van der Waals surface area (Å²) in [6.45, 7) is 8.31. The molecule has 0 bridgehead atoms.